The summed E-state index contributed by atoms with van der Waals surface area (Å²) >= 11 is 0. The van der Waals surface area contributed by atoms with Crippen LogP contribution in [0, 0.1) is 0 Å². The third-order valence-corrected chi connectivity index (χ3v) is 5.02. The molecule has 0 spiro atoms. The molecule has 1 fully saturated rings. The number of benzene rings is 1. The molecule has 1 aliphatic rings. The molecule has 1 aliphatic heterocycles. The van der Waals surface area contributed by atoms with E-state index in [1.165, 1.54) is 27.8 Å². The molecule has 0 atom stereocenters. The van der Waals surface area contributed by atoms with Crippen LogP contribution < -0.4 is 15.8 Å². The Morgan fingerprint density at radius 1 is 1.13 bits per heavy atom. The summed E-state index contributed by atoms with van der Waals surface area (Å²) in [4.78, 5) is 40.5. The van der Waals surface area contributed by atoms with E-state index in [9.17, 15) is 14.4 Å². The Bertz CT molecular complexity index is 951. The van der Waals surface area contributed by atoms with E-state index in [1.807, 2.05) is 24.3 Å². The second-order valence-corrected chi connectivity index (χ2v) is 7.30. The number of carbonyl (C=O) groups is 2. The lowest BCUT2D eigenvalue weighted by Gasteiger charge is -2.28. The minimum absolute atomic E-state index is 0.110. The van der Waals surface area contributed by atoms with Gasteiger partial charge in [-0.2, -0.15) is 0 Å². The average molecular weight is 428 g/mol. The minimum atomic E-state index is -0.344. The number of ether oxygens (including phenoxy) is 2. The number of aromatic nitrogens is 1. The Morgan fingerprint density at radius 3 is 2.52 bits per heavy atom. The summed E-state index contributed by atoms with van der Waals surface area (Å²) in [7, 11) is 3.09. The quantitative estimate of drug-likeness (QED) is 0.676. The largest absolute Gasteiger partial charge is 0.383 e. The average Bonchev–Trinajstić information content (AvgIpc) is 2.79. The lowest BCUT2D eigenvalue weighted by Crippen LogP contribution is -2.36. The molecule has 166 valence electrons. The maximum atomic E-state index is 12.7. The number of carbonyl (C=O) groups excluding carboxylic acids is 2. The highest BCUT2D eigenvalue weighted by molar-refractivity contribution is 5.99. The van der Waals surface area contributed by atoms with E-state index in [0.717, 1.165) is 18.8 Å². The monoisotopic (exact) mass is 428 g/mol. The molecule has 1 aromatic heterocycles. The molecule has 0 bridgehead atoms. The number of morpholine rings is 1. The normalized spacial score (nSPS) is 13.7. The number of nitrogens with zero attached hydrogens (tertiary/aromatic N) is 3. The summed E-state index contributed by atoms with van der Waals surface area (Å²) in [5.74, 6) is -0.647. The number of hydrogen-bond donors (Lipinski definition) is 1. The topological polar surface area (TPSA) is 93.1 Å². The summed E-state index contributed by atoms with van der Waals surface area (Å²) < 4.78 is 11.8. The minimum Gasteiger partial charge on any atom is -0.383 e. The van der Waals surface area contributed by atoms with Crippen LogP contribution in [-0.4, -0.2) is 74.9 Å². The van der Waals surface area contributed by atoms with Crippen molar-refractivity contribution in [3.63, 3.8) is 0 Å². The van der Waals surface area contributed by atoms with Gasteiger partial charge in [-0.1, -0.05) is 0 Å². The van der Waals surface area contributed by atoms with Gasteiger partial charge >= 0.3 is 0 Å². The van der Waals surface area contributed by atoms with E-state index in [2.05, 4.69) is 10.2 Å². The first kappa shape index (κ1) is 22.5. The molecular formula is C22H28N4O5. The van der Waals surface area contributed by atoms with Gasteiger partial charge in [-0.05, 0) is 30.3 Å². The lowest BCUT2D eigenvalue weighted by atomic mass is 10.2. The van der Waals surface area contributed by atoms with Crippen molar-refractivity contribution < 1.29 is 19.1 Å². The van der Waals surface area contributed by atoms with Gasteiger partial charge in [-0.25, -0.2) is 0 Å². The van der Waals surface area contributed by atoms with Crippen molar-refractivity contribution in [1.29, 1.82) is 0 Å². The van der Waals surface area contributed by atoms with E-state index < -0.39 is 0 Å². The number of nitrogens with one attached hydrogen (secondary N) is 1. The van der Waals surface area contributed by atoms with Crippen molar-refractivity contribution in [2.24, 2.45) is 0 Å². The van der Waals surface area contributed by atoms with Crippen molar-refractivity contribution in [3.05, 3.63) is 58.5 Å². The first-order valence-corrected chi connectivity index (χ1v) is 10.2. The van der Waals surface area contributed by atoms with Crippen LogP contribution in [0.1, 0.15) is 10.4 Å². The zero-order valence-corrected chi connectivity index (χ0v) is 17.9. The summed E-state index contributed by atoms with van der Waals surface area (Å²) in [6.45, 7) is 3.71. The highest BCUT2D eigenvalue weighted by Gasteiger charge is 2.17. The van der Waals surface area contributed by atoms with Crippen molar-refractivity contribution in [3.8, 4) is 0 Å². The van der Waals surface area contributed by atoms with Gasteiger partial charge in [0.25, 0.3) is 11.5 Å². The van der Waals surface area contributed by atoms with Crippen LogP contribution in [0.3, 0.4) is 0 Å². The smallest absolute Gasteiger partial charge is 0.255 e. The molecule has 1 saturated heterocycles. The van der Waals surface area contributed by atoms with Crippen LogP contribution in [0.2, 0.25) is 0 Å². The van der Waals surface area contributed by atoms with Gasteiger partial charge in [0.1, 0.15) is 0 Å². The molecule has 31 heavy (non-hydrogen) atoms. The SMILES string of the molecule is COCCn1cc(C(=O)N(C)CC(=O)Nc2ccc(N3CCOCC3)cc2)ccc1=O. The van der Waals surface area contributed by atoms with Crippen molar-refractivity contribution >= 4 is 23.2 Å². The van der Waals surface area contributed by atoms with Gasteiger partial charge in [-0.15, -0.1) is 0 Å². The van der Waals surface area contributed by atoms with Crippen LogP contribution in [-0.2, 0) is 20.8 Å². The Morgan fingerprint density at radius 2 is 1.84 bits per heavy atom. The molecule has 1 aromatic carbocycles. The molecule has 9 nitrogen and oxygen atoms in total. The molecule has 1 N–H and O–H groups in total. The Kier molecular flexibility index (Phi) is 7.80. The van der Waals surface area contributed by atoms with Crippen LogP contribution in [0.4, 0.5) is 11.4 Å². The standard InChI is InChI=1S/C22H28N4O5/c1-24(22(29)17-3-8-21(28)26(15-17)9-12-30-2)16-20(27)23-18-4-6-19(7-5-18)25-10-13-31-14-11-25/h3-8,15H,9-14,16H2,1-2H3,(H,23,27). The third kappa shape index (κ3) is 6.16. The molecule has 0 unspecified atom stereocenters. The van der Waals surface area contributed by atoms with Crippen LogP contribution in [0.25, 0.3) is 0 Å². The van der Waals surface area contributed by atoms with Gasteiger partial charge < -0.3 is 29.2 Å². The van der Waals surface area contributed by atoms with E-state index in [4.69, 9.17) is 9.47 Å². The van der Waals surface area contributed by atoms with Crippen molar-refractivity contribution in [2.75, 3.05) is 63.8 Å². The first-order valence-electron chi connectivity index (χ1n) is 10.2. The second kappa shape index (κ2) is 10.7. The lowest BCUT2D eigenvalue weighted by molar-refractivity contribution is -0.116. The van der Waals surface area contributed by atoms with Gasteiger partial charge in [-0.3, -0.25) is 14.4 Å². The molecular weight excluding hydrogens is 400 g/mol. The number of rotatable bonds is 8. The predicted octanol–water partition coefficient (Wildman–Crippen LogP) is 1.04. The van der Waals surface area contributed by atoms with E-state index >= 15 is 0 Å². The fourth-order valence-corrected chi connectivity index (χ4v) is 3.31. The number of amides is 2. The third-order valence-electron chi connectivity index (χ3n) is 5.02. The van der Waals surface area contributed by atoms with Gasteiger partial charge in [0.2, 0.25) is 5.91 Å². The number of hydrogen-bond acceptors (Lipinski definition) is 6. The Balaban J connectivity index is 1.56. The van der Waals surface area contributed by atoms with Crippen LogP contribution >= 0.6 is 0 Å². The molecule has 0 saturated carbocycles. The van der Waals surface area contributed by atoms with Crippen LogP contribution in [0.15, 0.2) is 47.4 Å². The van der Waals surface area contributed by atoms with E-state index in [1.54, 1.807) is 14.2 Å². The summed E-state index contributed by atoms with van der Waals surface area (Å²) in [5.41, 5.74) is 1.86. The fourth-order valence-electron chi connectivity index (χ4n) is 3.31. The summed E-state index contributed by atoms with van der Waals surface area (Å²) in [6.07, 6.45) is 1.49. The number of methoxy groups -OCH3 is 1. The number of likely N-dealkylation sites (N-methyl/N-ethyl adjacent to an activating group) is 1. The Labute approximate surface area is 181 Å². The molecule has 9 heteroatoms. The van der Waals surface area contributed by atoms with Crippen LogP contribution in [0.5, 0.6) is 0 Å². The van der Waals surface area contributed by atoms with Crippen molar-refractivity contribution in [1.82, 2.24) is 9.47 Å². The molecule has 0 radical (unpaired) electrons. The van der Waals surface area contributed by atoms with E-state index in [0.29, 0.717) is 37.6 Å². The molecule has 3 rings (SSSR count). The van der Waals surface area contributed by atoms with Gasteiger partial charge in [0, 0.05) is 57.4 Å². The number of pyridine rings is 1. The van der Waals surface area contributed by atoms with Crippen molar-refractivity contribution in [2.45, 2.75) is 6.54 Å². The summed E-state index contributed by atoms with van der Waals surface area (Å²) in [6, 6.07) is 10.4. The highest BCUT2D eigenvalue weighted by atomic mass is 16.5. The zero-order chi connectivity index (χ0) is 22.2. The van der Waals surface area contributed by atoms with Gasteiger partial charge in [0.15, 0.2) is 0 Å². The maximum Gasteiger partial charge on any atom is 0.255 e. The van der Waals surface area contributed by atoms with Gasteiger partial charge in [0.05, 0.1) is 31.9 Å². The second-order valence-electron chi connectivity index (χ2n) is 7.30. The fraction of sp³-hybridized carbons (Fsp3) is 0.409. The first-order chi connectivity index (χ1) is 15.0. The molecule has 2 heterocycles. The molecule has 2 amide bonds. The Hall–Kier alpha value is -3.17. The zero-order valence-electron chi connectivity index (χ0n) is 17.9. The van der Waals surface area contributed by atoms with E-state index in [-0.39, 0.29) is 23.9 Å². The maximum absolute atomic E-state index is 12.7. The summed E-state index contributed by atoms with van der Waals surface area (Å²) in [5, 5.41) is 2.81. The highest BCUT2D eigenvalue weighted by Crippen LogP contribution is 2.19. The predicted molar refractivity (Wildman–Crippen MR) is 118 cm³/mol. The molecule has 0 aliphatic carbocycles. The molecule has 2 aromatic rings. The number of anilines is 2.